The van der Waals surface area contributed by atoms with Crippen molar-refractivity contribution in [1.29, 1.82) is 0 Å². The molecule has 7 heteroatoms. The second-order valence-corrected chi connectivity index (χ2v) is 8.63. The Bertz CT molecular complexity index is 944. The van der Waals surface area contributed by atoms with Gasteiger partial charge in [0, 0.05) is 31.6 Å². The van der Waals surface area contributed by atoms with Crippen LogP contribution >= 0.6 is 23.4 Å². The summed E-state index contributed by atoms with van der Waals surface area (Å²) in [5, 5.41) is 3.94. The van der Waals surface area contributed by atoms with E-state index in [9.17, 15) is 4.79 Å². The van der Waals surface area contributed by atoms with E-state index in [1.807, 2.05) is 12.1 Å². The quantitative estimate of drug-likeness (QED) is 0.232. The maximum absolute atomic E-state index is 12.5. The molecule has 0 saturated heterocycles. The first kappa shape index (κ1) is 24.1. The number of halogens is 1. The lowest BCUT2D eigenvalue weighted by Crippen LogP contribution is -2.27. The van der Waals surface area contributed by atoms with Crippen molar-refractivity contribution in [3.63, 3.8) is 0 Å². The highest BCUT2D eigenvalue weighted by atomic mass is 35.5. The molecule has 3 aromatic rings. The number of rotatable bonds is 11. The maximum Gasteiger partial charge on any atom is 0.230 e. The number of nitrogens with one attached hydrogen (secondary N) is 1. The van der Waals surface area contributed by atoms with Crippen LogP contribution in [0.3, 0.4) is 0 Å². The van der Waals surface area contributed by atoms with E-state index < -0.39 is 0 Å². The van der Waals surface area contributed by atoms with Crippen molar-refractivity contribution >= 4 is 35.1 Å². The summed E-state index contributed by atoms with van der Waals surface area (Å²) in [6.45, 7) is 6.39. The van der Waals surface area contributed by atoms with Crippen molar-refractivity contribution in [2.75, 3.05) is 30.3 Å². The Kier molecular flexibility index (Phi) is 9.38. The largest absolute Gasteiger partial charge is 0.357 e. The maximum atomic E-state index is 12.5. The molecule has 0 fully saturated rings. The molecule has 0 saturated carbocycles. The van der Waals surface area contributed by atoms with Crippen molar-refractivity contribution < 1.29 is 4.79 Å². The molecule has 0 unspecified atom stereocenters. The van der Waals surface area contributed by atoms with Gasteiger partial charge < -0.3 is 10.2 Å². The average Bonchev–Trinajstić information content (AvgIpc) is 2.82. The van der Waals surface area contributed by atoms with Crippen molar-refractivity contribution in [2.24, 2.45) is 0 Å². The van der Waals surface area contributed by atoms with E-state index in [0.717, 1.165) is 25.3 Å². The minimum Gasteiger partial charge on any atom is -0.357 e. The average molecular weight is 469 g/mol. The van der Waals surface area contributed by atoms with Gasteiger partial charge in [-0.3, -0.25) is 4.79 Å². The molecule has 1 amide bonds. The first-order valence-corrected chi connectivity index (χ1v) is 12.3. The zero-order valence-corrected chi connectivity index (χ0v) is 20.1. The number of hydrogen-bond donors (Lipinski definition) is 1. The molecular formula is C25H29ClN4OS. The third-order valence-corrected chi connectivity index (χ3v) is 6.28. The summed E-state index contributed by atoms with van der Waals surface area (Å²) in [7, 11) is 0. The van der Waals surface area contributed by atoms with Gasteiger partial charge in [-0.25, -0.2) is 9.97 Å². The van der Waals surface area contributed by atoms with Gasteiger partial charge in [0.2, 0.25) is 5.91 Å². The van der Waals surface area contributed by atoms with Crippen molar-refractivity contribution in [3.05, 3.63) is 83.0 Å². The number of benzene rings is 2. The molecule has 0 spiro atoms. The molecule has 0 bridgehead atoms. The van der Waals surface area contributed by atoms with E-state index in [-0.39, 0.29) is 17.6 Å². The van der Waals surface area contributed by atoms with E-state index >= 15 is 0 Å². The summed E-state index contributed by atoms with van der Waals surface area (Å²) in [6.07, 6.45) is 0.824. The molecular weight excluding hydrogens is 440 g/mol. The van der Waals surface area contributed by atoms with Crippen molar-refractivity contribution in [2.45, 2.75) is 31.3 Å². The number of carbonyl (C=O) groups excluding carboxylic acids is 1. The van der Waals surface area contributed by atoms with Gasteiger partial charge in [-0.1, -0.05) is 84.0 Å². The summed E-state index contributed by atoms with van der Waals surface area (Å²) in [6, 6.07) is 22.6. The Hall–Kier alpha value is -2.57. The van der Waals surface area contributed by atoms with E-state index in [2.05, 4.69) is 82.6 Å². The number of carbonyl (C=O) groups is 1. The number of nitrogens with zero attached hydrogens (tertiary/aromatic N) is 3. The Morgan fingerprint density at radius 1 is 1.00 bits per heavy atom. The van der Waals surface area contributed by atoms with Gasteiger partial charge in [-0.15, -0.1) is 0 Å². The van der Waals surface area contributed by atoms with Crippen LogP contribution in [0.25, 0.3) is 0 Å². The van der Waals surface area contributed by atoms with Gasteiger partial charge >= 0.3 is 0 Å². The van der Waals surface area contributed by atoms with Crippen LogP contribution in [-0.4, -0.2) is 41.3 Å². The molecule has 1 N–H and O–H groups in total. The predicted octanol–water partition coefficient (Wildman–Crippen LogP) is 5.41. The molecule has 0 atom stereocenters. The lowest BCUT2D eigenvalue weighted by molar-refractivity contribution is -0.118. The molecule has 0 radical (unpaired) electrons. The van der Waals surface area contributed by atoms with Crippen LogP contribution in [0.5, 0.6) is 0 Å². The zero-order chi connectivity index (χ0) is 22.8. The Balaban J connectivity index is 1.55. The molecule has 2 aromatic carbocycles. The zero-order valence-electron chi connectivity index (χ0n) is 18.5. The van der Waals surface area contributed by atoms with E-state index in [1.54, 1.807) is 6.07 Å². The molecule has 168 valence electrons. The van der Waals surface area contributed by atoms with Crippen LogP contribution in [0.1, 0.15) is 37.3 Å². The van der Waals surface area contributed by atoms with Gasteiger partial charge in [0.15, 0.2) is 5.16 Å². The van der Waals surface area contributed by atoms with E-state index in [0.29, 0.717) is 16.9 Å². The molecule has 5 nitrogen and oxygen atoms in total. The monoisotopic (exact) mass is 468 g/mol. The van der Waals surface area contributed by atoms with E-state index in [1.165, 1.54) is 22.9 Å². The van der Waals surface area contributed by atoms with Gasteiger partial charge in [0.25, 0.3) is 0 Å². The third-order valence-electron chi connectivity index (χ3n) is 5.24. The van der Waals surface area contributed by atoms with Crippen LogP contribution in [-0.2, 0) is 4.79 Å². The van der Waals surface area contributed by atoms with Gasteiger partial charge in [0.1, 0.15) is 11.0 Å². The van der Waals surface area contributed by atoms with Crippen LogP contribution in [0.2, 0.25) is 5.15 Å². The van der Waals surface area contributed by atoms with Crippen LogP contribution in [0.4, 0.5) is 5.82 Å². The van der Waals surface area contributed by atoms with Crippen molar-refractivity contribution in [1.82, 2.24) is 15.3 Å². The first-order chi connectivity index (χ1) is 15.6. The number of thioether (sulfide) groups is 1. The minimum atomic E-state index is -0.0390. The van der Waals surface area contributed by atoms with Crippen LogP contribution in [0.15, 0.2) is 71.9 Å². The molecule has 1 heterocycles. The highest BCUT2D eigenvalue weighted by Crippen LogP contribution is 2.27. The normalized spacial score (nSPS) is 10.9. The Labute approximate surface area is 199 Å². The fourth-order valence-corrected chi connectivity index (χ4v) is 4.50. The number of amides is 1. The summed E-state index contributed by atoms with van der Waals surface area (Å²) < 4.78 is 0. The van der Waals surface area contributed by atoms with Crippen LogP contribution in [0, 0.1) is 0 Å². The lowest BCUT2D eigenvalue weighted by atomic mass is 9.88. The van der Waals surface area contributed by atoms with Gasteiger partial charge in [-0.05, 0) is 31.4 Å². The van der Waals surface area contributed by atoms with Crippen LogP contribution < -0.4 is 10.2 Å². The molecule has 1 aromatic heterocycles. The molecule has 3 rings (SSSR count). The Morgan fingerprint density at radius 2 is 1.59 bits per heavy atom. The molecule has 32 heavy (non-hydrogen) atoms. The lowest BCUT2D eigenvalue weighted by Gasteiger charge is -2.20. The SMILES string of the molecule is CCN(CC)c1cc(Cl)nc(SCC(=O)NCCC(c2ccccc2)c2ccccc2)n1. The summed E-state index contributed by atoms with van der Waals surface area (Å²) >= 11 is 7.47. The summed E-state index contributed by atoms with van der Waals surface area (Å²) in [4.78, 5) is 23.4. The standard InChI is InChI=1S/C25H29ClN4OS/c1-3-30(4-2)23-17-22(26)28-25(29-23)32-18-24(31)27-16-15-21(19-11-7-5-8-12-19)20-13-9-6-10-14-20/h5-14,17,21H,3-4,15-16,18H2,1-2H3,(H,27,31). The highest BCUT2D eigenvalue weighted by molar-refractivity contribution is 7.99. The van der Waals surface area contributed by atoms with E-state index in [4.69, 9.17) is 11.6 Å². The summed E-state index contributed by atoms with van der Waals surface area (Å²) in [5.74, 6) is 1.23. The van der Waals surface area contributed by atoms with Crippen molar-refractivity contribution in [3.8, 4) is 0 Å². The fourth-order valence-electron chi connectivity index (χ4n) is 3.59. The smallest absolute Gasteiger partial charge is 0.230 e. The predicted molar refractivity (Wildman–Crippen MR) is 134 cm³/mol. The highest BCUT2D eigenvalue weighted by Gasteiger charge is 2.15. The topological polar surface area (TPSA) is 58.1 Å². The van der Waals surface area contributed by atoms with Gasteiger partial charge in [-0.2, -0.15) is 0 Å². The Morgan fingerprint density at radius 3 is 2.16 bits per heavy atom. The molecule has 0 aliphatic rings. The molecule has 0 aliphatic carbocycles. The number of hydrogen-bond acceptors (Lipinski definition) is 5. The second kappa shape index (κ2) is 12.5. The fraction of sp³-hybridized carbons (Fsp3) is 0.320. The number of aromatic nitrogens is 2. The third kappa shape index (κ3) is 6.97. The summed E-state index contributed by atoms with van der Waals surface area (Å²) in [5.41, 5.74) is 2.50. The number of anilines is 1. The minimum absolute atomic E-state index is 0.0390. The second-order valence-electron chi connectivity index (χ2n) is 7.30. The first-order valence-electron chi connectivity index (χ1n) is 10.9. The van der Waals surface area contributed by atoms with Gasteiger partial charge in [0.05, 0.1) is 5.75 Å². The molecule has 0 aliphatic heterocycles.